The minimum atomic E-state index is -0.436. The van der Waals surface area contributed by atoms with Crippen LogP contribution in [-0.2, 0) is 9.53 Å². The van der Waals surface area contributed by atoms with Crippen molar-refractivity contribution in [2.75, 3.05) is 6.54 Å². The molecule has 0 spiro atoms. The Kier molecular flexibility index (Phi) is 4.35. The molecule has 2 rings (SSSR count). The van der Waals surface area contributed by atoms with Crippen LogP contribution in [0.25, 0.3) is 10.8 Å². The third kappa shape index (κ3) is 3.57. The zero-order valence-electron chi connectivity index (χ0n) is 11.6. The molecule has 0 fully saturated rings. The zero-order valence-corrected chi connectivity index (χ0v) is 11.6. The molecule has 0 aromatic heterocycles. The summed E-state index contributed by atoms with van der Waals surface area (Å²) in [4.78, 5) is 23.3. The topological polar surface area (TPSA) is 55.4 Å². The van der Waals surface area contributed by atoms with E-state index in [1.54, 1.807) is 26.0 Å². The fourth-order valence-electron chi connectivity index (χ4n) is 1.89. The van der Waals surface area contributed by atoms with E-state index in [1.807, 2.05) is 30.3 Å². The number of hydrogen-bond acceptors (Lipinski definition) is 3. The van der Waals surface area contributed by atoms with Crippen molar-refractivity contribution in [3.05, 3.63) is 48.0 Å². The predicted molar refractivity (Wildman–Crippen MR) is 77.5 cm³/mol. The highest BCUT2D eigenvalue weighted by Gasteiger charge is 2.10. The first kappa shape index (κ1) is 14.1. The van der Waals surface area contributed by atoms with Gasteiger partial charge in [-0.1, -0.05) is 30.3 Å². The van der Waals surface area contributed by atoms with Crippen molar-refractivity contribution in [1.82, 2.24) is 5.32 Å². The van der Waals surface area contributed by atoms with Gasteiger partial charge in [-0.15, -0.1) is 0 Å². The van der Waals surface area contributed by atoms with Gasteiger partial charge in [0, 0.05) is 5.56 Å². The van der Waals surface area contributed by atoms with E-state index in [1.165, 1.54) is 0 Å². The van der Waals surface area contributed by atoms with Crippen LogP contribution in [0.3, 0.4) is 0 Å². The molecule has 20 heavy (non-hydrogen) atoms. The van der Waals surface area contributed by atoms with E-state index in [0.29, 0.717) is 5.56 Å². The monoisotopic (exact) mass is 271 g/mol. The van der Waals surface area contributed by atoms with Crippen LogP contribution in [0.1, 0.15) is 24.2 Å². The molecular weight excluding hydrogens is 254 g/mol. The summed E-state index contributed by atoms with van der Waals surface area (Å²) in [5.74, 6) is -0.717. The van der Waals surface area contributed by atoms with Crippen LogP contribution in [0, 0.1) is 0 Å². The van der Waals surface area contributed by atoms with E-state index in [0.717, 1.165) is 10.8 Å². The van der Waals surface area contributed by atoms with Crippen molar-refractivity contribution in [1.29, 1.82) is 0 Å². The number of amides is 1. The summed E-state index contributed by atoms with van der Waals surface area (Å²) in [5.41, 5.74) is 0.529. The number of carbonyl (C=O) groups is 2. The quantitative estimate of drug-likeness (QED) is 0.869. The van der Waals surface area contributed by atoms with Gasteiger partial charge >= 0.3 is 5.97 Å². The van der Waals surface area contributed by atoms with E-state index in [2.05, 4.69) is 5.32 Å². The molecule has 0 radical (unpaired) electrons. The Hall–Kier alpha value is -2.36. The number of rotatable bonds is 4. The Morgan fingerprint density at radius 3 is 2.50 bits per heavy atom. The molecule has 1 amide bonds. The van der Waals surface area contributed by atoms with Crippen molar-refractivity contribution in [3.8, 4) is 0 Å². The van der Waals surface area contributed by atoms with Crippen molar-refractivity contribution < 1.29 is 14.3 Å². The van der Waals surface area contributed by atoms with Gasteiger partial charge < -0.3 is 10.1 Å². The van der Waals surface area contributed by atoms with Crippen LogP contribution in [0.5, 0.6) is 0 Å². The Morgan fingerprint density at radius 2 is 1.80 bits per heavy atom. The second-order valence-corrected chi connectivity index (χ2v) is 4.78. The zero-order chi connectivity index (χ0) is 14.5. The van der Waals surface area contributed by atoms with E-state index in [4.69, 9.17) is 4.74 Å². The van der Waals surface area contributed by atoms with Gasteiger partial charge in [0.25, 0.3) is 5.91 Å². The van der Waals surface area contributed by atoms with Crippen molar-refractivity contribution in [2.45, 2.75) is 20.0 Å². The molecule has 104 valence electrons. The number of benzene rings is 2. The minimum absolute atomic E-state index is 0.121. The molecular formula is C16H17NO3. The molecule has 1 N–H and O–H groups in total. The normalized spacial score (nSPS) is 10.6. The van der Waals surface area contributed by atoms with Crippen LogP contribution < -0.4 is 5.32 Å². The van der Waals surface area contributed by atoms with Gasteiger partial charge in [0.05, 0.1) is 6.10 Å². The SMILES string of the molecule is CC(C)OC(=O)CNC(=O)c1ccc2ccccc2c1. The largest absolute Gasteiger partial charge is 0.462 e. The summed E-state index contributed by atoms with van der Waals surface area (Å²) < 4.78 is 4.95. The van der Waals surface area contributed by atoms with E-state index < -0.39 is 5.97 Å². The van der Waals surface area contributed by atoms with Gasteiger partial charge in [0.1, 0.15) is 6.54 Å². The Bertz CT molecular complexity index is 634. The maximum Gasteiger partial charge on any atom is 0.325 e. The number of hydrogen-bond donors (Lipinski definition) is 1. The number of esters is 1. The second-order valence-electron chi connectivity index (χ2n) is 4.78. The molecule has 2 aromatic rings. The first-order valence-electron chi connectivity index (χ1n) is 6.53. The highest BCUT2D eigenvalue weighted by atomic mass is 16.5. The van der Waals surface area contributed by atoms with Crippen LogP contribution in [0.4, 0.5) is 0 Å². The Balaban J connectivity index is 2.02. The molecule has 4 heteroatoms. The van der Waals surface area contributed by atoms with Crippen LogP contribution in [0.2, 0.25) is 0 Å². The summed E-state index contributed by atoms with van der Waals surface area (Å²) in [6.07, 6.45) is -0.180. The molecule has 0 bridgehead atoms. The molecule has 0 unspecified atom stereocenters. The summed E-state index contributed by atoms with van der Waals surface area (Å²) in [5, 5.41) is 4.62. The fraction of sp³-hybridized carbons (Fsp3) is 0.250. The standard InChI is InChI=1S/C16H17NO3/c1-11(2)20-15(18)10-17-16(19)14-8-7-12-5-3-4-6-13(12)9-14/h3-9,11H,10H2,1-2H3,(H,17,19). The predicted octanol–water partition coefficient (Wildman–Crippen LogP) is 2.52. The van der Waals surface area contributed by atoms with Crippen molar-refractivity contribution in [3.63, 3.8) is 0 Å². The van der Waals surface area contributed by atoms with Gasteiger partial charge in [0.15, 0.2) is 0 Å². The third-order valence-electron chi connectivity index (χ3n) is 2.77. The number of ether oxygens (including phenoxy) is 1. The van der Waals surface area contributed by atoms with Gasteiger partial charge in [-0.05, 0) is 36.8 Å². The molecule has 2 aromatic carbocycles. The summed E-state index contributed by atoms with van der Waals surface area (Å²) in [7, 11) is 0. The van der Waals surface area contributed by atoms with Crippen LogP contribution >= 0.6 is 0 Å². The van der Waals surface area contributed by atoms with Gasteiger partial charge in [-0.25, -0.2) is 0 Å². The Morgan fingerprint density at radius 1 is 1.10 bits per heavy atom. The minimum Gasteiger partial charge on any atom is -0.462 e. The number of carbonyl (C=O) groups excluding carboxylic acids is 2. The summed E-state index contributed by atoms with van der Waals surface area (Å²) in [6, 6.07) is 13.2. The molecule has 0 saturated carbocycles. The lowest BCUT2D eigenvalue weighted by molar-refractivity contribution is -0.146. The molecule has 0 heterocycles. The first-order valence-corrected chi connectivity index (χ1v) is 6.53. The maximum absolute atomic E-state index is 12.0. The number of fused-ring (bicyclic) bond motifs is 1. The van der Waals surface area contributed by atoms with E-state index >= 15 is 0 Å². The van der Waals surface area contributed by atoms with Crippen molar-refractivity contribution in [2.24, 2.45) is 0 Å². The lowest BCUT2D eigenvalue weighted by Gasteiger charge is -2.09. The molecule has 0 atom stereocenters. The fourth-order valence-corrected chi connectivity index (χ4v) is 1.89. The molecule has 0 aliphatic rings. The van der Waals surface area contributed by atoms with Crippen LogP contribution in [0.15, 0.2) is 42.5 Å². The van der Waals surface area contributed by atoms with Crippen LogP contribution in [-0.4, -0.2) is 24.5 Å². The highest BCUT2D eigenvalue weighted by molar-refractivity contribution is 5.99. The van der Waals surface area contributed by atoms with E-state index in [-0.39, 0.29) is 18.6 Å². The lowest BCUT2D eigenvalue weighted by Crippen LogP contribution is -2.31. The van der Waals surface area contributed by atoms with Gasteiger partial charge in [0.2, 0.25) is 0 Å². The van der Waals surface area contributed by atoms with E-state index in [9.17, 15) is 9.59 Å². The molecule has 4 nitrogen and oxygen atoms in total. The Labute approximate surface area is 117 Å². The molecule has 0 saturated heterocycles. The lowest BCUT2D eigenvalue weighted by atomic mass is 10.1. The summed E-state index contributed by atoms with van der Waals surface area (Å²) >= 11 is 0. The third-order valence-corrected chi connectivity index (χ3v) is 2.77. The number of nitrogens with one attached hydrogen (secondary N) is 1. The average molecular weight is 271 g/mol. The maximum atomic E-state index is 12.0. The second kappa shape index (κ2) is 6.19. The average Bonchev–Trinajstić information content (AvgIpc) is 2.43. The highest BCUT2D eigenvalue weighted by Crippen LogP contribution is 2.15. The molecule has 0 aliphatic carbocycles. The van der Waals surface area contributed by atoms with Gasteiger partial charge in [-0.2, -0.15) is 0 Å². The van der Waals surface area contributed by atoms with Gasteiger partial charge in [-0.3, -0.25) is 9.59 Å². The smallest absolute Gasteiger partial charge is 0.325 e. The summed E-state index contributed by atoms with van der Waals surface area (Å²) in [6.45, 7) is 3.41. The first-order chi connectivity index (χ1) is 9.56. The molecule has 0 aliphatic heterocycles. The van der Waals surface area contributed by atoms with Crippen molar-refractivity contribution >= 4 is 22.6 Å².